The molecule has 1 amide bonds. The molecule has 74 valence electrons. The lowest BCUT2D eigenvalue weighted by atomic mass is 10.1. The van der Waals surface area contributed by atoms with Crippen molar-refractivity contribution in [2.45, 2.75) is 6.92 Å². The third-order valence-electron chi connectivity index (χ3n) is 1.72. The molecule has 0 unspecified atom stereocenters. The summed E-state index contributed by atoms with van der Waals surface area (Å²) in [4.78, 5) is 10.4. The molecule has 0 saturated heterocycles. The van der Waals surface area contributed by atoms with Gasteiger partial charge in [0.15, 0.2) is 0 Å². The van der Waals surface area contributed by atoms with E-state index in [4.69, 9.17) is 5.73 Å². The molecule has 0 aliphatic rings. The van der Waals surface area contributed by atoms with Gasteiger partial charge in [-0.1, -0.05) is 0 Å². The molecule has 0 radical (unpaired) electrons. The fourth-order valence-electron chi connectivity index (χ4n) is 1.06. The quantitative estimate of drug-likeness (QED) is 0.699. The van der Waals surface area contributed by atoms with Gasteiger partial charge in [-0.05, 0) is 30.7 Å². The molecule has 0 saturated carbocycles. The summed E-state index contributed by atoms with van der Waals surface area (Å²) in [6.07, 6.45) is 2.34. The first-order chi connectivity index (χ1) is 6.50. The summed E-state index contributed by atoms with van der Waals surface area (Å²) in [5.41, 5.74) is 5.51. The highest BCUT2D eigenvalue weighted by Crippen LogP contribution is 2.24. The number of aromatic hydroxyl groups is 1. The van der Waals surface area contributed by atoms with E-state index in [1.54, 1.807) is 6.92 Å². The Bertz CT molecular complexity index is 399. The summed E-state index contributed by atoms with van der Waals surface area (Å²) in [7, 11) is 0. The third kappa shape index (κ3) is 2.32. The molecule has 1 aromatic carbocycles. The average molecular weight is 195 g/mol. The minimum Gasteiger partial charge on any atom is -0.507 e. The van der Waals surface area contributed by atoms with Crippen LogP contribution in [0, 0.1) is 12.7 Å². The van der Waals surface area contributed by atoms with Crippen molar-refractivity contribution in [2.24, 2.45) is 5.73 Å². The van der Waals surface area contributed by atoms with Crippen LogP contribution in [0.2, 0.25) is 0 Å². The van der Waals surface area contributed by atoms with Crippen molar-refractivity contribution in [3.05, 3.63) is 35.2 Å². The second-order valence-corrected chi connectivity index (χ2v) is 2.90. The van der Waals surface area contributed by atoms with Gasteiger partial charge in [-0.2, -0.15) is 0 Å². The van der Waals surface area contributed by atoms with Gasteiger partial charge in [0.25, 0.3) is 0 Å². The number of amides is 1. The van der Waals surface area contributed by atoms with Crippen LogP contribution in [0.5, 0.6) is 5.75 Å². The van der Waals surface area contributed by atoms with E-state index in [-0.39, 0.29) is 11.3 Å². The van der Waals surface area contributed by atoms with Gasteiger partial charge in [-0.15, -0.1) is 0 Å². The van der Waals surface area contributed by atoms with E-state index in [0.29, 0.717) is 5.56 Å². The number of halogens is 1. The van der Waals surface area contributed by atoms with Crippen molar-refractivity contribution < 1.29 is 14.3 Å². The van der Waals surface area contributed by atoms with Crippen molar-refractivity contribution in [1.29, 1.82) is 0 Å². The second-order valence-electron chi connectivity index (χ2n) is 2.90. The van der Waals surface area contributed by atoms with E-state index in [2.05, 4.69) is 0 Å². The number of rotatable bonds is 2. The molecule has 1 aromatic rings. The molecule has 0 atom stereocenters. The van der Waals surface area contributed by atoms with Crippen LogP contribution in [0.3, 0.4) is 0 Å². The first kappa shape index (κ1) is 10.2. The van der Waals surface area contributed by atoms with E-state index in [1.165, 1.54) is 12.1 Å². The standard InChI is InChI=1S/C10H10FNO2/c1-6-4-8(11)5-7(10(6)14)2-3-9(12)13/h2-5,14H,1H3,(H2,12,13). The molecule has 14 heavy (non-hydrogen) atoms. The predicted octanol–water partition coefficient (Wildman–Crippen LogP) is 1.34. The number of aryl methyl sites for hydroxylation is 1. The van der Waals surface area contributed by atoms with Gasteiger partial charge in [-0.25, -0.2) is 4.39 Å². The highest BCUT2D eigenvalue weighted by atomic mass is 19.1. The minimum absolute atomic E-state index is 0.0519. The molecule has 3 N–H and O–H groups in total. The van der Waals surface area contributed by atoms with E-state index in [9.17, 15) is 14.3 Å². The maximum absolute atomic E-state index is 12.9. The van der Waals surface area contributed by atoms with Crippen molar-refractivity contribution in [2.75, 3.05) is 0 Å². The van der Waals surface area contributed by atoms with E-state index in [0.717, 1.165) is 12.1 Å². The third-order valence-corrected chi connectivity index (χ3v) is 1.72. The largest absolute Gasteiger partial charge is 0.507 e. The Morgan fingerprint density at radius 1 is 1.57 bits per heavy atom. The zero-order chi connectivity index (χ0) is 10.7. The number of phenols is 1. The highest BCUT2D eigenvalue weighted by molar-refractivity contribution is 5.90. The topological polar surface area (TPSA) is 63.3 Å². The molecule has 0 spiro atoms. The van der Waals surface area contributed by atoms with Gasteiger partial charge in [0.05, 0.1) is 0 Å². The first-order valence-corrected chi connectivity index (χ1v) is 3.97. The van der Waals surface area contributed by atoms with Crippen molar-refractivity contribution in [1.82, 2.24) is 0 Å². The van der Waals surface area contributed by atoms with Gasteiger partial charge in [-0.3, -0.25) is 4.79 Å². The van der Waals surface area contributed by atoms with Crippen LogP contribution >= 0.6 is 0 Å². The van der Waals surface area contributed by atoms with Gasteiger partial charge in [0.2, 0.25) is 5.91 Å². The molecule has 3 nitrogen and oxygen atoms in total. The van der Waals surface area contributed by atoms with E-state index in [1.807, 2.05) is 0 Å². The zero-order valence-corrected chi connectivity index (χ0v) is 7.62. The molecule has 0 aromatic heterocycles. The molecule has 0 heterocycles. The maximum Gasteiger partial charge on any atom is 0.241 e. The van der Waals surface area contributed by atoms with E-state index >= 15 is 0 Å². The van der Waals surface area contributed by atoms with Gasteiger partial charge < -0.3 is 10.8 Å². The SMILES string of the molecule is Cc1cc(F)cc(C=CC(N)=O)c1O. The molecule has 0 aliphatic heterocycles. The fraction of sp³-hybridized carbons (Fsp3) is 0.100. The van der Waals surface area contributed by atoms with Gasteiger partial charge in [0.1, 0.15) is 11.6 Å². The molecule has 4 heteroatoms. The Balaban J connectivity index is 3.14. The lowest BCUT2D eigenvalue weighted by Crippen LogP contribution is -2.05. The van der Waals surface area contributed by atoms with Crippen LogP contribution < -0.4 is 5.73 Å². The molecule has 1 rings (SSSR count). The zero-order valence-electron chi connectivity index (χ0n) is 7.62. The number of carbonyl (C=O) groups is 1. The van der Waals surface area contributed by atoms with E-state index < -0.39 is 11.7 Å². The van der Waals surface area contributed by atoms with Crippen LogP contribution in [0.1, 0.15) is 11.1 Å². The summed E-state index contributed by atoms with van der Waals surface area (Å²) in [6, 6.07) is 2.33. The normalized spacial score (nSPS) is 10.7. The Morgan fingerprint density at radius 3 is 2.79 bits per heavy atom. The Hall–Kier alpha value is -1.84. The maximum atomic E-state index is 12.9. The lowest BCUT2D eigenvalue weighted by molar-refractivity contribution is -0.113. The molecular weight excluding hydrogens is 185 g/mol. The Morgan fingerprint density at radius 2 is 2.21 bits per heavy atom. The van der Waals surface area contributed by atoms with Gasteiger partial charge in [0, 0.05) is 11.6 Å². The number of hydrogen-bond acceptors (Lipinski definition) is 2. The number of benzene rings is 1. The van der Waals surface area contributed by atoms with Crippen molar-refractivity contribution in [3.63, 3.8) is 0 Å². The summed E-state index contributed by atoms with van der Waals surface area (Å²) in [6.45, 7) is 1.57. The predicted molar refractivity (Wildman–Crippen MR) is 51.0 cm³/mol. The molecule has 0 aliphatic carbocycles. The molecule has 0 fully saturated rings. The van der Waals surface area contributed by atoms with Crippen molar-refractivity contribution >= 4 is 12.0 Å². The van der Waals surface area contributed by atoms with Gasteiger partial charge >= 0.3 is 0 Å². The Kier molecular flexibility index (Phi) is 2.86. The summed E-state index contributed by atoms with van der Waals surface area (Å²) >= 11 is 0. The monoisotopic (exact) mass is 195 g/mol. The smallest absolute Gasteiger partial charge is 0.241 e. The highest BCUT2D eigenvalue weighted by Gasteiger charge is 2.04. The second kappa shape index (κ2) is 3.91. The van der Waals surface area contributed by atoms with Crippen LogP contribution in [-0.4, -0.2) is 11.0 Å². The lowest BCUT2D eigenvalue weighted by Gasteiger charge is -2.02. The summed E-state index contributed by atoms with van der Waals surface area (Å²) < 4.78 is 12.9. The Labute approximate surface area is 80.7 Å². The van der Waals surface area contributed by atoms with Crippen LogP contribution in [0.25, 0.3) is 6.08 Å². The summed E-state index contributed by atoms with van der Waals surface area (Å²) in [5, 5.41) is 9.46. The molecule has 0 bridgehead atoms. The number of phenolic OH excluding ortho intramolecular Hbond substituents is 1. The molecular formula is C10H10FNO2. The van der Waals surface area contributed by atoms with Crippen LogP contribution in [-0.2, 0) is 4.79 Å². The number of carbonyl (C=O) groups excluding carboxylic acids is 1. The number of hydrogen-bond donors (Lipinski definition) is 2. The average Bonchev–Trinajstić information content (AvgIpc) is 2.08. The number of nitrogens with two attached hydrogens (primary N) is 1. The summed E-state index contributed by atoms with van der Waals surface area (Å²) in [5.74, 6) is -1.17. The van der Waals surface area contributed by atoms with Crippen molar-refractivity contribution in [3.8, 4) is 5.75 Å². The van der Waals surface area contributed by atoms with Crippen LogP contribution in [0.4, 0.5) is 4.39 Å². The first-order valence-electron chi connectivity index (χ1n) is 3.97. The minimum atomic E-state index is -0.647. The van der Waals surface area contributed by atoms with Crippen LogP contribution in [0.15, 0.2) is 18.2 Å². The number of primary amides is 1. The fourth-order valence-corrected chi connectivity index (χ4v) is 1.06.